The third-order valence-electron chi connectivity index (χ3n) is 2.35. The molecular formula is C12H22N2O2S. The first-order valence-electron chi connectivity index (χ1n) is 5.73. The largest absolute Gasteiger partial charge is 0.393 e. The van der Waals surface area contributed by atoms with Crippen molar-refractivity contribution in [3.05, 3.63) is 16.1 Å². The Balaban J connectivity index is 2.46. The summed E-state index contributed by atoms with van der Waals surface area (Å²) in [7, 11) is 0. The minimum atomic E-state index is -1.07. The molecule has 5 heteroatoms. The molecule has 4 nitrogen and oxygen atoms in total. The van der Waals surface area contributed by atoms with Crippen LogP contribution in [0.5, 0.6) is 0 Å². The van der Waals surface area contributed by atoms with Crippen molar-refractivity contribution in [1.29, 1.82) is 0 Å². The van der Waals surface area contributed by atoms with E-state index in [9.17, 15) is 5.11 Å². The van der Waals surface area contributed by atoms with Crippen LogP contribution < -0.4 is 5.32 Å². The van der Waals surface area contributed by atoms with E-state index >= 15 is 0 Å². The zero-order chi connectivity index (χ0) is 13.1. The molecular weight excluding hydrogens is 236 g/mol. The molecule has 0 aliphatic heterocycles. The lowest BCUT2D eigenvalue weighted by molar-refractivity contribution is 0.00249. The minimum absolute atomic E-state index is 0.0828. The lowest BCUT2D eigenvalue weighted by Crippen LogP contribution is -2.40. The van der Waals surface area contributed by atoms with Crippen molar-refractivity contribution in [2.45, 2.75) is 45.3 Å². The van der Waals surface area contributed by atoms with Gasteiger partial charge >= 0.3 is 0 Å². The van der Waals surface area contributed by atoms with E-state index in [1.807, 2.05) is 5.38 Å². The third kappa shape index (κ3) is 4.71. The van der Waals surface area contributed by atoms with Gasteiger partial charge in [-0.05, 0) is 6.92 Å². The van der Waals surface area contributed by atoms with Crippen LogP contribution in [0.4, 0.5) is 0 Å². The fourth-order valence-electron chi connectivity index (χ4n) is 1.25. The smallest absolute Gasteiger partial charge is 0.0982 e. The Bertz CT molecular complexity index is 356. The molecule has 0 radical (unpaired) electrons. The van der Waals surface area contributed by atoms with E-state index in [4.69, 9.17) is 5.11 Å². The number of aromatic nitrogens is 1. The number of aliphatic hydroxyl groups is 2. The highest BCUT2D eigenvalue weighted by Crippen LogP contribution is 2.25. The average Bonchev–Trinajstić information content (AvgIpc) is 2.66. The van der Waals surface area contributed by atoms with E-state index in [1.54, 1.807) is 18.3 Å². The van der Waals surface area contributed by atoms with Crippen LogP contribution in [0.1, 0.15) is 38.4 Å². The molecule has 0 fully saturated rings. The van der Waals surface area contributed by atoms with Crippen molar-refractivity contribution in [3.63, 3.8) is 0 Å². The molecule has 0 spiro atoms. The van der Waals surface area contributed by atoms with Gasteiger partial charge in [-0.1, -0.05) is 20.8 Å². The maximum Gasteiger partial charge on any atom is 0.0982 e. The zero-order valence-corrected chi connectivity index (χ0v) is 11.8. The molecule has 0 aliphatic rings. The van der Waals surface area contributed by atoms with E-state index in [0.29, 0.717) is 13.1 Å². The fraction of sp³-hybridized carbons (Fsp3) is 0.750. The number of rotatable bonds is 5. The molecule has 1 aromatic heterocycles. The lowest BCUT2D eigenvalue weighted by atomic mass is 9.98. The van der Waals surface area contributed by atoms with E-state index in [1.165, 1.54) is 0 Å². The Morgan fingerprint density at radius 3 is 2.47 bits per heavy atom. The van der Waals surface area contributed by atoms with Gasteiger partial charge in [0, 0.05) is 23.9 Å². The topological polar surface area (TPSA) is 65.4 Å². The van der Waals surface area contributed by atoms with Crippen LogP contribution in [0, 0.1) is 0 Å². The molecule has 1 aromatic rings. The van der Waals surface area contributed by atoms with E-state index in [0.717, 1.165) is 10.7 Å². The van der Waals surface area contributed by atoms with Gasteiger partial charge in [-0.15, -0.1) is 11.3 Å². The second-order valence-corrected chi connectivity index (χ2v) is 6.51. The number of hydrogen-bond donors (Lipinski definition) is 3. The molecule has 1 rings (SSSR count). The van der Waals surface area contributed by atoms with Crippen LogP contribution in [0.2, 0.25) is 0 Å². The van der Waals surface area contributed by atoms with Gasteiger partial charge in [0.25, 0.3) is 0 Å². The quantitative estimate of drug-likeness (QED) is 0.744. The number of hydrogen-bond acceptors (Lipinski definition) is 5. The summed E-state index contributed by atoms with van der Waals surface area (Å²) < 4.78 is 0. The van der Waals surface area contributed by atoms with Gasteiger partial charge in [0.1, 0.15) is 0 Å². The van der Waals surface area contributed by atoms with Crippen molar-refractivity contribution < 1.29 is 10.2 Å². The van der Waals surface area contributed by atoms with Gasteiger partial charge in [0.2, 0.25) is 0 Å². The van der Waals surface area contributed by atoms with Crippen molar-refractivity contribution in [3.8, 4) is 0 Å². The molecule has 0 bridgehead atoms. The maximum absolute atomic E-state index is 9.61. The highest BCUT2D eigenvalue weighted by Gasteiger charge is 2.20. The zero-order valence-electron chi connectivity index (χ0n) is 10.9. The Labute approximate surface area is 107 Å². The highest BCUT2D eigenvalue weighted by atomic mass is 32.1. The standard InChI is InChI=1S/C12H22N2O2S/c1-11(2,3)10-14-9(6-17-10)5-13-7-12(4,16)8-15/h6,13,15-16H,5,7-8H2,1-4H3. The average molecular weight is 258 g/mol. The molecule has 1 atom stereocenters. The van der Waals surface area contributed by atoms with E-state index in [-0.39, 0.29) is 12.0 Å². The van der Waals surface area contributed by atoms with E-state index in [2.05, 4.69) is 31.1 Å². The summed E-state index contributed by atoms with van der Waals surface area (Å²) in [6.45, 7) is 8.74. The predicted octanol–water partition coefficient (Wildman–Crippen LogP) is 1.27. The van der Waals surface area contributed by atoms with Gasteiger partial charge in [0.05, 0.1) is 22.9 Å². The second-order valence-electron chi connectivity index (χ2n) is 5.65. The summed E-state index contributed by atoms with van der Waals surface area (Å²) in [4.78, 5) is 4.54. The number of nitrogens with zero attached hydrogens (tertiary/aromatic N) is 1. The molecule has 0 saturated carbocycles. The van der Waals surface area contributed by atoms with Gasteiger partial charge < -0.3 is 15.5 Å². The summed E-state index contributed by atoms with van der Waals surface area (Å²) in [6, 6.07) is 0. The summed E-state index contributed by atoms with van der Waals surface area (Å²) in [5, 5.41) is 24.7. The van der Waals surface area contributed by atoms with Crippen molar-refractivity contribution in [2.24, 2.45) is 0 Å². The molecule has 3 N–H and O–H groups in total. The Morgan fingerprint density at radius 1 is 1.35 bits per heavy atom. The molecule has 0 aromatic carbocycles. The first-order valence-corrected chi connectivity index (χ1v) is 6.61. The predicted molar refractivity (Wildman–Crippen MR) is 70.2 cm³/mol. The van der Waals surface area contributed by atoms with Gasteiger partial charge in [-0.25, -0.2) is 4.98 Å². The number of nitrogens with one attached hydrogen (secondary N) is 1. The van der Waals surface area contributed by atoms with Gasteiger partial charge in [-0.2, -0.15) is 0 Å². The van der Waals surface area contributed by atoms with Gasteiger partial charge in [-0.3, -0.25) is 0 Å². The van der Waals surface area contributed by atoms with Crippen LogP contribution in [0.15, 0.2) is 5.38 Å². The first kappa shape index (κ1) is 14.6. The minimum Gasteiger partial charge on any atom is -0.393 e. The van der Waals surface area contributed by atoms with Crippen LogP contribution in [-0.4, -0.2) is 33.9 Å². The van der Waals surface area contributed by atoms with E-state index < -0.39 is 5.60 Å². The summed E-state index contributed by atoms with van der Waals surface area (Å²) >= 11 is 1.66. The van der Waals surface area contributed by atoms with Crippen LogP contribution >= 0.6 is 11.3 Å². The summed E-state index contributed by atoms with van der Waals surface area (Å²) in [6.07, 6.45) is 0. The molecule has 0 amide bonds. The third-order valence-corrected chi connectivity index (χ3v) is 3.66. The van der Waals surface area contributed by atoms with Crippen molar-refractivity contribution in [2.75, 3.05) is 13.2 Å². The Hall–Kier alpha value is -0.490. The molecule has 1 unspecified atom stereocenters. The van der Waals surface area contributed by atoms with Crippen molar-refractivity contribution in [1.82, 2.24) is 10.3 Å². The van der Waals surface area contributed by atoms with Crippen LogP contribution in [-0.2, 0) is 12.0 Å². The Kier molecular flexibility index (Phi) is 4.66. The molecule has 0 aliphatic carbocycles. The monoisotopic (exact) mass is 258 g/mol. The van der Waals surface area contributed by atoms with Gasteiger partial charge in [0.15, 0.2) is 0 Å². The fourth-order valence-corrected chi connectivity index (χ4v) is 2.16. The number of aliphatic hydroxyl groups excluding tert-OH is 1. The molecule has 17 heavy (non-hydrogen) atoms. The normalized spacial score (nSPS) is 15.9. The first-order chi connectivity index (χ1) is 7.74. The van der Waals surface area contributed by atoms with Crippen LogP contribution in [0.25, 0.3) is 0 Å². The second kappa shape index (κ2) is 5.44. The molecule has 1 heterocycles. The van der Waals surface area contributed by atoms with Crippen molar-refractivity contribution >= 4 is 11.3 Å². The van der Waals surface area contributed by atoms with Crippen LogP contribution in [0.3, 0.4) is 0 Å². The highest BCUT2D eigenvalue weighted by molar-refractivity contribution is 7.09. The number of thiazole rings is 1. The summed E-state index contributed by atoms with van der Waals surface area (Å²) in [5.74, 6) is 0. The summed E-state index contributed by atoms with van der Waals surface area (Å²) in [5.41, 5.74) is -0.00350. The maximum atomic E-state index is 9.61. The Morgan fingerprint density at radius 2 is 2.00 bits per heavy atom. The molecule has 98 valence electrons. The lowest BCUT2D eigenvalue weighted by Gasteiger charge is -2.20. The SMILES string of the molecule is CC(O)(CO)CNCc1csc(C(C)(C)C)n1. The molecule has 0 saturated heterocycles.